The minimum Gasteiger partial charge on any atom is -0.399 e. The lowest BCUT2D eigenvalue weighted by Gasteiger charge is -2.26. The van der Waals surface area contributed by atoms with Crippen molar-refractivity contribution in [1.29, 1.82) is 0 Å². The molecule has 0 unspecified atom stereocenters. The zero-order valence-corrected chi connectivity index (χ0v) is 13.9. The van der Waals surface area contributed by atoms with Crippen LogP contribution >= 0.6 is 36.4 Å². The van der Waals surface area contributed by atoms with E-state index in [0.29, 0.717) is 22.8 Å². The fourth-order valence-electron chi connectivity index (χ4n) is 1.96. The van der Waals surface area contributed by atoms with E-state index in [2.05, 4.69) is 10.2 Å². The van der Waals surface area contributed by atoms with E-state index in [-0.39, 0.29) is 30.7 Å². The Hall–Kier alpha value is -0.720. The SMILES string of the molecule is Cl.Cl.Nc1ccc(C(=O)NCCN2CCOCC2)c(Cl)c1. The summed E-state index contributed by atoms with van der Waals surface area (Å²) >= 11 is 5.98. The summed E-state index contributed by atoms with van der Waals surface area (Å²) < 4.78 is 5.27. The number of amides is 1. The van der Waals surface area contributed by atoms with Crippen LogP contribution in [0.15, 0.2) is 18.2 Å². The maximum absolute atomic E-state index is 11.9. The maximum atomic E-state index is 11.9. The predicted molar refractivity (Wildman–Crippen MR) is 90.0 cm³/mol. The Labute approximate surface area is 142 Å². The summed E-state index contributed by atoms with van der Waals surface area (Å²) in [6.45, 7) is 4.77. The highest BCUT2D eigenvalue weighted by Gasteiger charge is 2.12. The summed E-state index contributed by atoms with van der Waals surface area (Å²) in [5, 5.41) is 3.24. The van der Waals surface area contributed by atoms with Crippen molar-refractivity contribution in [3.63, 3.8) is 0 Å². The quantitative estimate of drug-likeness (QED) is 0.808. The second-order valence-electron chi connectivity index (χ2n) is 4.45. The molecule has 1 saturated heterocycles. The second-order valence-corrected chi connectivity index (χ2v) is 4.86. The van der Waals surface area contributed by atoms with Gasteiger partial charge in [-0.25, -0.2) is 0 Å². The number of morpholine rings is 1. The van der Waals surface area contributed by atoms with Crippen LogP contribution in [0.1, 0.15) is 10.4 Å². The van der Waals surface area contributed by atoms with E-state index in [1.54, 1.807) is 18.2 Å². The van der Waals surface area contributed by atoms with Crippen LogP contribution in [-0.4, -0.2) is 50.2 Å². The van der Waals surface area contributed by atoms with Crippen LogP contribution < -0.4 is 11.1 Å². The maximum Gasteiger partial charge on any atom is 0.252 e. The number of rotatable bonds is 4. The van der Waals surface area contributed by atoms with Gasteiger partial charge in [0.15, 0.2) is 0 Å². The number of hydrogen-bond acceptors (Lipinski definition) is 4. The molecule has 3 N–H and O–H groups in total. The van der Waals surface area contributed by atoms with Gasteiger partial charge in [0.25, 0.3) is 5.91 Å². The summed E-state index contributed by atoms with van der Waals surface area (Å²) in [5.41, 5.74) is 6.60. The highest BCUT2D eigenvalue weighted by atomic mass is 35.5. The summed E-state index contributed by atoms with van der Waals surface area (Å²) in [5.74, 6) is -0.168. The van der Waals surface area contributed by atoms with Gasteiger partial charge in [0.2, 0.25) is 0 Å². The number of nitrogens with zero attached hydrogens (tertiary/aromatic N) is 1. The van der Waals surface area contributed by atoms with E-state index in [4.69, 9.17) is 22.1 Å². The Morgan fingerprint density at radius 1 is 1.33 bits per heavy atom. The predicted octanol–water partition coefficient (Wildman–Crippen LogP) is 1.83. The van der Waals surface area contributed by atoms with E-state index in [1.165, 1.54) is 0 Å². The first-order valence-electron chi connectivity index (χ1n) is 6.30. The molecule has 1 aromatic carbocycles. The molecule has 0 radical (unpaired) electrons. The van der Waals surface area contributed by atoms with Gasteiger partial charge in [0.1, 0.15) is 0 Å². The largest absolute Gasteiger partial charge is 0.399 e. The zero-order chi connectivity index (χ0) is 13.7. The molecule has 1 aliphatic heterocycles. The first-order valence-corrected chi connectivity index (χ1v) is 6.68. The van der Waals surface area contributed by atoms with E-state index in [9.17, 15) is 4.79 Å². The molecule has 0 bridgehead atoms. The molecule has 0 atom stereocenters. The van der Waals surface area contributed by atoms with Crippen LogP contribution in [0.3, 0.4) is 0 Å². The average Bonchev–Trinajstić information content (AvgIpc) is 2.39. The summed E-state index contributed by atoms with van der Waals surface area (Å²) in [6.07, 6.45) is 0. The summed E-state index contributed by atoms with van der Waals surface area (Å²) in [4.78, 5) is 14.2. The molecule has 0 saturated carbocycles. The summed E-state index contributed by atoms with van der Waals surface area (Å²) in [6, 6.07) is 4.89. The topological polar surface area (TPSA) is 67.6 Å². The monoisotopic (exact) mass is 355 g/mol. The van der Waals surface area contributed by atoms with Crippen LogP contribution in [0.25, 0.3) is 0 Å². The highest BCUT2D eigenvalue weighted by molar-refractivity contribution is 6.34. The van der Waals surface area contributed by atoms with Crippen molar-refractivity contribution in [1.82, 2.24) is 10.2 Å². The fourth-order valence-corrected chi connectivity index (χ4v) is 2.24. The Kier molecular flexibility index (Phi) is 9.74. The molecule has 1 heterocycles. The van der Waals surface area contributed by atoms with E-state index >= 15 is 0 Å². The lowest BCUT2D eigenvalue weighted by molar-refractivity contribution is 0.0383. The lowest BCUT2D eigenvalue weighted by atomic mass is 10.2. The molecule has 120 valence electrons. The van der Waals surface area contributed by atoms with Crippen molar-refractivity contribution < 1.29 is 9.53 Å². The molecule has 0 aliphatic carbocycles. The summed E-state index contributed by atoms with van der Waals surface area (Å²) in [7, 11) is 0. The number of ether oxygens (including phenoxy) is 1. The van der Waals surface area contributed by atoms with Crippen LogP contribution in [0.5, 0.6) is 0 Å². The van der Waals surface area contributed by atoms with Crippen molar-refractivity contribution in [3.05, 3.63) is 28.8 Å². The number of carbonyl (C=O) groups is 1. The molecule has 1 aromatic rings. The van der Waals surface area contributed by atoms with E-state index < -0.39 is 0 Å². The van der Waals surface area contributed by atoms with Crippen LogP contribution in [0.4, 0.5) is 5.69 Å². The van der Waals surface area contributed by atoms with Crippen molar-refractivity contribution in [2.45, 2.75) is 0 Å². The molecule has 2 rings (SSSR count). The third kappa shape index (κ3) is 6.28. The number of carbonyl (C=O) groups excluding carboxylic acids is 1. The molecular weight excluding hydrogens is 337 g/mol. The minimum absolute atomic E-state index is 0. The third-order valence-electron chi connectivity index (χ3n) is 3.06. The van der Waals surface area contributed by atoms with Crippen molar-refractivity contribution in [2.24, 2.45) is 0 Å². The Morgan fingerprint density at radius 3 is 2.62 bits per heavy atom. The molecule has 1 fully saturated rings. The second kappa shape index (κ2) is 10.1. The van der Waals surface area contributed by atoms with Gasteiger partial charge < -0.3 is 15.8 Å². The van der Waals surface area contributed by atoms with Gasteiger partial charge in [-0.05, 0) is 18.2 Å². The van der Waals surface area contributed by atoms with E-state index in [1.807, 2.05) is 0 Å². The van der Waals surface area contributed by atoms with Crippen molar-refractivity contribution in [2.75, 3.05) is 45.1 Å². The lowest BCUT2D eigenvalue weighted by Crippen LogP contribution is -2.41. The van der Waals surface area contributed by atoms with Gasteiger partial charge in [0.05, 0.1) is 23.8 Å². The normalized spacial score (nSPS) is 14.7. The third-order valence-corrected chi connectivity index (χ3v) is 3.37. The smallest absolute Gasteiger partial charge is 0.252 e. The minimum atomic E-state index is -0.168. The molecule has 1 amide bonds. The number of hydrogen-bond donors (Lipinski definition) is 2. The first kappa shape index (κ1) is 20.3. The number of nitrogens with one attached hydrogen (secondary N) is 1. The standard InChI is InChI=1S/C13H18ClN3O2.2ClH/c14-12-9-10(15)1-2-11(12)13(18)16-3-4-17-5-7-19-8-6-17;;/h1-2,9H,3-8,15H2,(H,16,18);2*1H. The number of anilines is 1. The number of nitrogens with two attached hydrogens (primary N) is 1. The molecule has 1 aliphatic rings. The Bertz CT molecular complexity index is 454. The molecule has 0 aromatic heterocycles. The Balaban J connectivity index is 0.00000200. The van der Waals surface area contributed by atoms with Gasteiger partial charge in [-0.1, -0.05) is 11.6 Å². The molecular formula is C13H20Cl3N3O2. The fraction of sp³-hybridized carbons (Fsp3) is 0.462. The van der Waals surface area contributed by atoms with Crippen LogP contribution in [-0.2, 0) is 4.74 Å². The molecule has 5 nitrogen and oxygen atoms in total. The van der Waals surface area contributed by atoms with Gasteiger partial charge in [-0.3, -0.25) is 9.69 Å². The number of halogens is 3. The average molecular weight is 357 g/mol. The number of nitrogen functional groups attached to an aromatic ring is 1. The highest BCUT2D eigenvalue weighted by Crippen LogP contribution is 2.18. The van der Waals surface area contributed by atoms with Crippen molar-refractivity contribution >= 4 is 48.0 Å². The number of benzene rings is 1. The van der Waals surface area contributed by atoms with Crippen molar-refractivity contribution in [3.8, 4) is 0 Å². The van der Waals surface area contributed by atoms with Gasteiger partial charge >= 0.3 is 0 Å². The van der Waals surface area contributed by atoms with Gasteiger partial charge in [-0.2, -0.15) is 0 Å². The van der Waals surface area contributed by atoms with Gasteiger partial charge in [0, 0.05) is 31.9 Å². The molecule has 8 heteroatoms. The molecule has 21 heavy (non-hydrogen) atoms. The molecule has 0 spiro atoms. The van der Waals surface area contributed by atoms with Crippen LogP contribution in [0, 0.1) is 0 Å². The van der Waals surface area contributed by atoms with Crippen LogP contribution in [0.2, 0.25) is 5.02 Å². The van der Waals surface area contributed by atoms with Gasteiger partial charge in [-0.15, -0.1) is 24.8 Å². The first-order chi connectivity index (χ1) is 9.16. The Morgan fingerprint density at radius 2 is 2.00 bits per heavy atom. The van der Waals surface area contributed by atoms with E-state index in [0.717, 1.165) is 32.8 Å². The zero-order valence-electron chi connectivity index (χ0n) is 11.5.